The van der Waals surface area contributed by atoms with E-state index in [1.54, 1.807) is 36.8 Å². The highest BCUT2D eigenvalue weighted by Crippen LogP contribution is 2.16. The number of ketones is 1. The molecule has 0 aliphatic rings. The number of aromatic nitrogens is 1. The molecule has 2 N–H and O–H groups in total. The van der Waals surface area contributed by atoms with Crippen molar-refractivity contribution < 1.29 is 9.53 Å². The van der Waals surface area contributed by atoms with E-state index in [4.69, 9.17) is 10.5 Å². The minimum Gasteiger partial charge on any atom is -0.497 e. The van der Waals surface area contributed by atoms with Gasteiger partial charge in [0, 0.05) is 10.9 Å². The number of nitrogens with two attached hydrogens (primary N) is 1. The van der Waals surface area contributed by atoms with Crippen LogP contribution in [0.4, 0.5) is 5.13 Å². The van der Waals surface area contributed by atoms with Crippen LogP contribution in [-0.4, -0.2) is 17.9 Å². The van der Waals surface area contributed by atoms with Gasteiger partial charge in [-0.1, -0.05) is 12.1 Å². The summed E-state index contributed by atoms with van der Waals surface area (Å²) in [5, 5.41) is 2.28. The Morgan fingerprint density at radius 3 is 3.00 bits per heavy atom. The summed E-state index contributed by atoms with van der Waals surface area (Å²) in [6.45, 7) is 0. The molecule has 17 heavy (non-hydrogen) atoms. The van der Waals surface area contributed by atoms with Crippen LogP contribution in [0, 0.1) is 0 Å². The first-order valence-corrected chi connectivity index (χ1v) is 5.94. The van der Waals surface area contributed by atoms with Gasteiger partial charge >= 0.3 is 0 Å². The molecule has 0 amide bonds. The zero-order valence-electron chi connectivity index (χ0n) is 9.34. The summed E-state index contributed by atoms with van der Waals surface area (Å²) in [5.74, 6) is 0.683. The molecule has 0 aliphatic heterocycles. The molecular weight excluding hydrogens is 236 g/mol. The summed E-state index contributed by atoms with van der Waals surface area (Å²) < 4.78 is 5.07. The fourth-order valence-corrected chi connectivity index (χ4v) is 2.03. The number of benzene rings is 1. The summed E-state index contributed by atoms with van der Waals surface area (Å²) in [5.41, 5.74) is 6.84. The molecule has 0 radical (unpaired) electrons. The molecule has 0 bridgehead atoms. The number of rotatable bonds is 4. The van der Waals surface area contributed by atoms with Crippen LogP contribution in [0.3, 0.4) is 0 Å². The maximum absolute atomic E-state index is 12.0. The molecule has 5 heteroatoms. The third-order valence-electron chi connectivity index (χ3n) is 2.30. The van der Waals surface area contributed by atoms with Gasteiger partial charge in [-0.2, -0.15) is 0 Å². The fraction of sp³-hybridized carbons (Fsp3) is 0.167. The summed E-state index contributed by atoms with van der Waals surface area (Å²) >= 11 is 1.34. The number of thiazole rings is 1. The predicted molar refractivity (Wildman–Crippen MR) is 67.6 cm³/mol. The summed E-state index contributed by atoms with van der Waals surface area (Å²) in [6, 6.07) is 7.08. The van der Waals surface area contributed by atoms with E-state index in [9.17, 15) is 4.79 Å². The summed E-state index contributed by atoms with van der Waals surface area (Å²) in [7, 11) is 1.57. The Morgan fingerprint density at radius 1 is 1.53 bits per heavy atom. The molecule has 4 nitrogen and oxygen atoms in total. The van der Waals surface area contributed by atoms with E-state index in [1.165, 1.54) is 11.3 Å². The Balaban J connectivity index is 2.14. The zero-order chi connectivity index (χ0) is 12.3. The fourth-order valence-electron chi connectivity index (χ4n) is 1.47. The van der Waals surface area contributed by atoms with Crippen molar-refractivity contribution in [2.24, 2.45) is 0 Å². The number of anilines is 1. The topological polar surface area (TPSA) is 65.2 Å². The minimum absolute atomic E-state index is 0.00852. The van der Waals surface area contributed by atoms with E-state index in [2.05, 4.69) is 4.98 Å². The number of ether oxygens (including phenoxy) is 1. The van der Waals surface area contributed by atoms with Crippen LogP contribution in [0.15, 0.2) is 29.6 Å². The molecule has 1 aromatic carbocycles. The van der Waals surface area contributed by atoms with Gasteiger partial charge in [0.25, 0.3) is 0 Å². The number of carbonyl (C=O) groups is 1. The van der Waals surface area contributed by atoms with Gasteiger partial charge in [0.15, 0.2) is 10.9 Å². The van der Waals surface area contributed by atoms with Crippen molar-refractivity contribution in [3.63, 3.8) is 0 Å². The number of hydrogen-bond donors (Lipinski definition) is 1. The molecule has 0 aliphatic carbocycles. The van der Waals surface area contributed by atoms with Gasteiger partial charge in [0.2, 0.25) is 0 Å². The standard InChI is InChI=1S/C12H12N2O2S/c1-16-10-4-2-3-8(5-10)11(15)6-9-7-17-12(13)14-9/h2-5,7H,6H2,1H3,(H2,13,14). The highest BCUT2D eigenvalue weighted by atomic mass is 32.1. The highest BCUT2D eigenvalue weighted by Gasteiger charge is 2.10. The van der Waals surface area contributed by atoms with Gasteiger partial charge in [0.05, 0.1) is 19.2 Å². The molecule has 1 aromatic heterocycles. The predicted octanol–water partition coefficient (Wildman–Crippen LogP) is 2.16. The Kier molecular flexibility index (Phi) is 3.39. The van der Waals surface area contributed by atoms with Crippen LogP contribution in [-0.2, 0) is 6.42 Å². The average molecular weight is 248 g/mol. The first-order chi connectivity index (χ1) is 8.19. The lowest BCUT2D eigenvalue weighted by molar-refractivity contribution is 0.0992. The monoisotopic (exact) mass is 248 g/mol. The first kappa shape index (κ1) is 11.6. The Bertz CT molecular complexity index is 537. The largest absolute Gasteiger partial charge is 0.497 e. The second-order valence-electron chi connectivity index (χ2n) is 3.51. The maximum Gasteiger partial charge on any atom is 0.180 e. The molecule has 2 rings (SSSR count). The van der Waals surface area contributed by atoms with Crippen molar-refractivity contribution in [2.45, 2.75) is 6.42 Å². The van der Waals surface area contributed by atoms with Crippen LogP contribution >= 0.6 is 11.3 Å². The van der Waals surface area contributed by atoms with E-state index in [1.807, 2.05) is 0 Å². The first-order valence-electron chi connectivity index (χ1n) is 5.06. The zero-order valence-corrected chi connectivity index (χ0v) is 10.2. The van der Waals surface area contributed by atoms with Crippen LogP contribution < -0.4 is 10.5 Å². The second kappa shape index (κ2) is 4.97. The lowest BCUT2D eigenvalue weighted by atomic mass is 10.1. The molecular formula is C12H12N2O2S. The van der Waals surface area contributed by atoms with E-state index in [-0.39, 0.29) is 12.2 Å². The van der Waals surface area contributed by atoms with Crippen molar-refractivity contribution in [2.75, 3.05) is 12.8 Å². The highest BCUT2D eigenvalue weighted by molar-refractivity contribution is 7.13. The van der Waals surface area contributed by atoms with Gasteiger partial charge in [-0.05, 0) is 12.1 Å². The van der Waals surface area contributed by atoms with Crippen molar-refractivity contribution in [1.82, 2.24) is 4.98 Å². The van der Waals surface area contributed by atoms with Gasteiger partial charge < -0.3 is 10.5 Å². The summed E-state index contributed by atoms with van der Waals surface area (Å²) in [6.07, 6.45) is 0.265. The third-order valence-corrected chi connectivity index (χ3v) is 3.03. The minimum atomic E-state index is 0.00852. The van der Waals surface area contributed by atoms with Gasteiger partial charge in [-0.25, -0.2) is 4.98 Å². The summed E-state index contributed by atoms with van der Waals surface area (Å²) in [4.78, 5) is 16.0. The van der Waals surface area contributed by atoms with Crippen LogP contribution in [0.5, 0.6) is 5.75 Å². The van der Waals surface area contributed by atoms with Gasteiger partial charge in [-0.3, -0.25) is 4.79 Å². The molecule has 0 fully saturated rings. The van der Waals surface area contributed by atoms with E-state index in [0.29, 0.717) is 22.1 Å². The average Bonchev–Trinajstić information content (AvgIpc) is 2.75. The molecule has 2 aromatic rings. The second-order valence-corrected chi connectivity index (χ2v) is 4.40. The van der Waals surface area contributed by atoms with Gasteiger partial charge in [-0.15, -0.1) is 11.3 Å². The Hall–Kier alpha value is -1.88. The Labute approximate surface area is 103 Å². The van der Waals surface area contributed by atoms with E-state index >= 15 is 0 Å². The SMILES string of the molecule is COc1cccc(C(=O)Cc2csc(N)n2)c1. The van der Waals surface area contributed by atoms with Crippen molar-refractivity contribution >= 4 is 22.3 Å². The Morgan fingerprint density at radius 2 is 2.35 bits per heavy atom. The molecule has 0 atom stereocenters. The van der Waals surface area contributed by atoms with Crippen LogP contribution in [0.2, 0.25) is 0 Å². The maximum atomic E-state index is 12.0. The van der Waals surface area contributed by atoms with Crippen molar-refractivity contribution in [1.29, 1.82) is 0 Å². The molecule has 88 valence electrons. The number of hydrogen-bond acceptors (Lipinski definition) is 5. The van der Waals surface area contributed by atoms with Gasteiger partial charge in [0.1, 0.15) is 5.75 Å². The molecule has 0 spiro atoms. The third kappa shape index (κ3) is 2.82. The number of nitrogen functional groups attached to an aromatic ring is 1. The number of nitrogens with zero attached hydrogens (tertiary/aromatic N) is 1. The molecule has 0 saturated carbocycles. The number of Topliss-reactive ketones (excluding diaryl/α,β-unsaturated/α-hetero) is 1. The molecule has 0 unspecified atom stereocenters. The quantitative estimate of drug-likeness (QED) is 0.842. The van der Waals surface area contributed by atoms with Crippen LogP contribution in [0.1, 0.15) is 16.1 Å². The van der Waals surface area contributed by atoms with Crippen molar-refractivity contribution in [3.8, 4) is 5.75 Å². The molecule has 1 heterocycles. The van der Waals surface area contributed by atoms with E-state index < -0.39 is 0 Å². The smallest absolute Gasteiger partial charge is 0.180 e. The molecule has 0 saturated heterocycles. The number of methoxy groups -OCH3 is 1. The number of carbonyl (C=O) groups excluding carboxylic acids is 1. The van der Waals surface area contributed by atoms with Crippen molar-refractivity contribution in [3.05, 3.63) is 40.9 Å². The lowest BCUT2D eigenvalue weighted by Gasteiger charge is -2.02. The normalized spacial score (nSPS) is 10.2. The van der Waals surface area contributed by atoms with E-state index in [0.717, 1.165) is 0 Å². The lowest BCUT2D eigenvalue weighted by Crippen LogP contribution is -2.04. The van der Waals surface area contributed by atoms with Crippen LogP contribution in [0.25, 0.3) is 0 Å².